The summed E-state index contributed by atoms with van der Waals surface area (Å²) in [6.07, 6.45) is 0.656. The number of carbonyl (C=O) groups excluding carboxylic acids is 2. The molecule has 0 aliphatic rings. The highest BCUT2D eigenvalue weighted by Crippen LogP contribution is 2.22. The van der Waals surface area contributed by atoms with Gasteiger partial charge in [-0.3, -0.25) is 9.59 Å². The Bertz CT molecular complexity index is 776. The van der Waals surface area contributed by atoms with Crippen LogP contribution in [0.1, 0.15) is 18.4 Å². The van der Waals surface area contributed by atoms with Crippen LogP contribution in [0.25, 0.3) is 0 Å². The molecule has 0 saturated carbocycles. The van der Waals surface area contributed by atoms with Gasteiger partial charge in [-0.05, 0) is 61.4 Å². The highest BCUT2D eigenvalue weighted by atomic mass is 35.5. The Hall–Kier alpha value is -2.73. The third-order valence-corrected chi connectivity index (χ3v) is 3.89. The molecule has 1 N–H and O–H groups in total. The van der Waals surface area contributed by atoms with Crippen LogP contribution in [0.2, 0.25) is 5.02 Å². The zero-order valence-electron chi connectivity index (χ0n) is 15.3. The third-order valence-electron chi connectivity index (χ3n) is 3.66. The smallest absolute Gasteiger partial charge is 0.306 e. The first kappa shape index (κ1) is 20.6. The van der Waals surface area contributed by atoms with Gasteiger partial charge in [-0.25, -0.2) is 0 Å². The molecule has 6 nitrogen and oxygen atoms in total. The van der Waals surface area contributed by atoms with Gasteiger partial charge in [0, 0.05) is 17.1 Å². The predicted molar refractivity (Wildman–Crippen MR) is 104 cm³/mol. The van der Waals surface area contributed by atoms with E-state index in [1.807, 2.05) is 13.0 Å². The van der Waals surface area contributed by atoms with Crippen LogP contribution in [0, 0.1) is 6.92 Å². The highest BCUT2D eigenvalue weighted by Gasteiger charge is 2.08. The average molecular weight is 392 g/mol. The molecule has 144 valence electrons. The van der Waals surface area contributed by atoms with E-state index in [2.05, 4.69) is 5.32 Å². The van der Waals surface area contributed by atoms with E-state index in [4.69, 9.17) is 25.8 Å². The lowest BCUT2D eigenvalue weighted by molar-refractivity contribution is -0.147. The second-order valence-electron chi connectivity index (χ2n) is 5.80. The number of hydrogen-bond donors (Lipinski definition) is 1. The van der Waals surface area contributed by atoms with Gasteiger partial charge in [-0.2, -0.15) is 0 Å². The molecular formula is C20H22ClNO5. The average Bonchev–Trinajstić information content (AvgIpc) is 2.65. The quantitative estimate of drug-likeness (QED) is 0.516. The molecule has 0 unspecified atom stereocenters. The highest BCUT2D eigenvalue weighted by molar-refractivity contribution is 6.30. The topological polar surface area (TPSA) is 73.9 Å². The van der Waals surface area contributed by atoms with Gasteiger partial charge in [0.15, 0.2) is 6.61 Å². The Kier molecular flexibility index (Phi) is 7.95. The molecule has 2 aromatic rings. The van der Waals surface area contributed by atoms with Crippen molar-refractivity contribution in [3.8, 4) is 11.5 Å². The van der Waals surface area contributed by atoms with Crippen molar-refractivity contribution in [1.29, 1.82) is 0 Å². The number of rotatable bonds is 9. The van der Waals surface area contributed by atoms with Crippen molar-refractivity contribution in [2.45, 2.75) is 19.8 Å². The summed E-state index contributed by atoms with van der Waals surface area (Å²) in [5.41, 5.74) is 1.53. The van der Waals surface area contributed by atoms with Crippen molar-refractivity contribution in [3.63, 3.8) is 0 Å². The molecule has 0 aliphatic heterocycles. The fourth-order valence-corrected chi connectivity index (χ4v) is 2.49. The maximum Gasteiger partial charge on any atom is 0.306 e. The summed E-state index contributed by atoms with van der Waals surface area (Å²) in [5.74, 6) is 0.569. The Morgan fingerprint density at radius 3 is 2.52 bits per heavy atom. The van der Waals surface area contributed by atoms with Crippen molar-refractivity contribution in [1.82, 2.24) is 0 Å². The van der Waals surface area contributed by atoms with Gasteiger partial charge in [0.2, 0.25) is 0 Å². The van der Waals surface area contributed by atoms with Crippen molar-refractivity contribution >= 4 is 29.2 Å². The van der Waals surface area contributed by atoms with Gasteiger partial charge in [-0.15, -0.1) is 0 Å². The Morgan fingerprint density at radius 1 is 1.11 bits per heavy atom. The molecule has 0 radical (unpaired) electrons. The predicted octanol–water partition coefficient (Wildman–Crippen LogP) is 4.00. The van der Waals surface area contributed by atoms with Crippen LogP contribution in [-0.2, 0) is 14.3 Å². The molecule has 0 spiro atoms. The van der Waals surface area contributed by atoms with Gasteiger partial charge >= 0.3 is 5.97 Å². The first-order chi connectivity index (χ1) is 13.0. The standard InChI is InChI=1S/C20H22ClNO5/c1-14-12-15(21)5-10-18(14)26-11-3-4-20(24)27-13-19(23)22-16-6-8-17(25-2)9-7-16/h5-10,12H,3-4,11,13H2,1-2H3,(H,22,23). The molecule has 27 heavy (non-hydrogen) atoms. The summed E-state index contributed by atoms with van der Waals surface area (Å²) in [7, 11) is 1.56. The SMILES string of the molecule is COc1ccc(NC(=O)COC(=O)CCCOc2ccc(Cl)cc2C)cc1. The summed E-state index contributed by atoms with van der Waals surface area (Å²) in [6, 6.07) is 12.2. The molecule has 2 rings (SSSR count). The summed E-state index contributed by atoms with van der Waals surface area (Å²) in [5, 5.41) is 3.29. The molecule has 0 atom stereocenters. The van der Waals surface area contributed by atoms with E-state index in [1.54, 1.807) is 43.5 Å². The van der Waals surface area contributed by atoms with Gasteiger partial charge < -0.3 is 19.5 Å². The van der Waals surface area contributed by atoms with Crippen molar-refractivity contribution < 1.29 is 23.8 Å². The minimum Gasteiger partial charge on any atom is -0.497 e. The van der Waals surface area contributed by atoms with Gasteiger partial charge in [0.05, 0.1) is 13.7 Å². The first-order valence-corrected chi connectivity index (χ1v) is 8.84. The van der Waals surface area contributed by atoms with E-state index in [0.717, 1.165) is 11.3 Å². The Labute approximate surface area is 163 Å². The van der Waals surface area contributed by atoms with Crippen LogP contribution in [0.4, 0.5) is 5.69 Å². The Balaban J connectivity index is 1.63. The lowest BCUT2D eigenvalue weighted by Gasteiger charge is -2.09. The van der Waals surface area contributed by atoms with E-state index in [9.17, 15) is 9.59 Å². The number of anilines is 1. The minimum absolute atomic E-state index is 0.169. The second-order valence-corrected chi connectivity index (χ2v) is 6.24. The number of ether oxygens (including phenoxy) is 3. The van der Waals surface area contributed by atoms with Crippen LogP contribution < -0.4 is 14.8 Å². The maximum absolute atomic E-state index is 11.8. The molecule has 1 amide bonds. The molecule has 0 heterocycles. The number of esters is 1. The summed E-state index contributed by atoms with van der Waals surface area (Å²) < 4.78 is 15.6. The van der Waals surface area contributed by atoms with E-state index >= 15 is 0 Å². The van der Waals surface area contributed by atoms with E-state index < -0.39 is 11.9 Å². The number of hydrogen-bond acceptors (Lipinski definition) is 5. The molecule has 0 fully saturated rings. The number of benzene rings is 2. The third kappa shape index (κ3) is 7.19. The second kappa shape index (κ2) is 10.4. The zero-order chi connectivity index (χ0) is 19.6. The number of methoxy groups -OCH3 is 1. The monoisotopic (exact) mass is 391 g/mol. The largest absolute Gasteiger partial charge is 0.497 e. The minimum atomic E-state index is -0.448. The van der Waals surface area contributed by atoms with Gasteiger partial charge in [0.25, 0.3) is 5.91 Å². The van der Waals surface area contributed by atoms with E-state index in [-0.39, 0.29) is 13.0 Å². The molecule has 0 saturated heterocycles. The van der Waals surface area contributed by atoms with Crippen LogP contribution in [0.3, 0.4) is 0 Å². The molecule has 0 aromatic heterocycles. The molecule has 7 heteroatoms. The maximum atomic E-state index is 11.8. The van der Waals surface area contributed by atoms with Crippen molar-refractivity contribution in [2.75, 3.05) is 25.6 Å². The molecule has 0 aliphatic carbocycles. The summed E-state index contributed by atoms with van der Waals surface area (Å²) in [6.45, 7) is 1.94. The van der Waals surface area contributed by atoms with Gasteiger partial charge in [-0.1, -0.05) is 11.6 Å². The van der Waals surface area contributed by atoms with E-state index in [1.165, 1.54) is 0 Å². The van der Waals surface area contributed by atoms with Crippen LogP contribution in [0.15, 0.2) is 42.5 Å². The number of aryl methyl sites for hydroxylation is 1. The van der Waals surface area contributed by atoms with Crippen LogP contribution >= 0.6 is 11.6 Å². The number of carbonyl (C=O) groups is 2. The number of nitrogens with one attached hydrogen (secondary N) is 1. The molecule has 2 aromatic carbocycles. The zero-order valence-corrected chi connectivity index (χ0v) is 16.0. The summed E-state index contributed by atoms with van der Waals surface area (Å²) in [4.78, 5) is 23.5. The van der Waals surface area contributed by atoms with Crippen LogP contribution in [0.5, 0.6) is 11.5 Å². The summed E-state index contributed by atoms with van der Waals surface area (Å²) >= 11 is 5.89. The lowest BCUT2D eigenvalue weighted by Crippen LogP contribution is -2.21. The molecule has 0 bridgehead atoms. The first-order valence-electron chi connectivity index (χ1n) is 8.46. The van der Waals surface area contributed by atoms with Crippen molar-refractivity contribution in [2.24, 2.45) is 0 Å². The van der Waals surface area contributed by atoms with E-state index in [0.29, 0.717) is 29.5 Å². The van der Waals surface area contributed by atoms with Crippen molar-refractivity contribution in [3.05, 3.63) is 53.1 Å². The van der Waals surface area contributed by atoms with Crippen LogP contribution in [-0.4, -0.2) is 32.2 Å². The number of halogens is 1. The van der Waals surface area contributed by atoms with Gasteiger partial charge in [0.1, 0.15) is 11.5 Å². The Morgan fingerprint density at radius 2 is 1.85 bits per heavy atom. The fourth-order valence-electron chi connectivity index (χ4n) is 2.26. The fraction of sp³-hybridized carbons (Fsp3) is 0.300. The number of amides is 1. The molecular weight excluding hydrogens is 370 g/mol. The normalized spacial score (nSPS) is 10.2. The lowest BCUT2D eigenvalue weighted by atomic mass is 10.2.